The number of piperazine rings is 1. The Labute approximate surface area is 231 Å². The molecular formula is C28H33ClF3N5O2. The van der Waals surface area contributed by atoms with Crippen molar-refractivity contribution in [3.05, 3.63) is 52.5 Å². The van der Waals surface area contributed by atoms with Gasteiger partial charge in [0, 0.05) is 56.9 Å². The van der Waals surface area contributed by atoms with Crippen molar-refractivity contribution in [2.75, 3.05) is 67.6 Å². The van der Waals surface area contributed by atoms with Crippen LogP contribution in [0.3, 0.4) is 0 Å². The zero-order chi connectivity index (χ0) is 27.7. The van der Waals surface area contributed by atoms with E-state index in [1.807, 2.05) is 12.1 Å². The monoisotopic (exact) mass is 563 g/mol. The SMILES string of the molecule is CN1C(=O)C2CCCCN2c2ccc(C(=O)NCCCN3CCN(c4cc(Cl)ccc4C(F)(F)F)CC3)cc21. The van der Waals surface area contributed by atoms with E-state index in [9.17, 15) is 22.8 Å². The first kappa shape index (κ1) is 27.6. The van der Waals surface area contributed by atoms with Crippen LogP contribution in [-0.4, -0.2) is 75.6 Å². The van der Waals surface area contributed by atoms with Crippen molar-refractivity contribution in [2.24, 2.45) is 0 Å². The minimum atomic E-state index is -4.44. The van der Waals surface area contributed by atoms with E-state index in [1.165, 1.54) is 12.1 Å². The summed E-state index contributed by atoms with van der Waals surface area (Å²) < 4.78 is 40.4. The second kappa shape index (κ2) is 11.3. The molecule has 1 atom stereocenters. The minimum Gasteiger partial charge on any atom is -0.368 e. The molecule has 3 aliphatic rings. The zero-order valence-corrected chi connectivity index (χ0v) is 22.7. The molecule has 11 heteroatoms. The smallest absolute Gasteiger partial charge is 0.368 e. The van der Waals surface area contributed by atoms with Crippen molar-refractivity contribution >= 4 is 40.5 Å². The number of alkyl halides is 3. The van der Waals surface area contributed by atoms with Gasteiger partial charge in [0.05, 0.1) is 22.6 Å². The molecule has 2 aromatic carbocycles. The fourth-order valence-electron chi connectivity index (χ4n) is 5.82. The molecule has 39 heavy (non-hydrogen) atoms. The number of carbonyl (C=O) groups is 2. The molecule has 0 radical (unpaired) electrons. The number of likely N-dealkylation sites (N-methyl/N-ethyl adjacent to an activating group) is 1. The summed E-state index contributed by atoms with van der Waals surface area (Å²) in [6.07, 6.45) is -0.759. The fraction of sp³-hybridized carbons (Fsp3) is 0.500. The number of halogens is 4. The Balaban J connectivity index is 1.11. The Kier molecular flexibility index (Phi) is 7.96. The molecular weight excluding hydrogens is 531 g/mol. The van der Waals surface area contributed by atoms with Crippen molar-refractivity contribution in [2.45, 2.75) is 37.9 Å². The number of carbonyl (C=O) groups excluding carboxylic acids is 2. The Morgan fingerprint density at radius 1 is 1.00 bits per heavy atom. The molecule has 0 aliphatic carbocycles. The summed E-state index contributed by atoms with van der Waals surface area (Å²) in [5.41, 5.74) is 1.72. The van der Waals surface area contributed by atoms with Gasteiger partial charge in [0.2, 0.25) is 5.91 Å². The van der Waals surface area contributed by atoms with Gasteiger partial charge in [0.25, 0.3) is 5.91 Å². The molecule has 7 nitrogen and oxygen atoms in total. The van der Waals surface area contributed by atoms with E-state index >= 15 is 0 Å². The predicted octanol–water partition coefficient (Wildman–Crippen LogP) is 4.64. The van der Waals surface area contributed by atoms with E-state index in [0.717, 1.165) is 56.2 Å². The van der Waals surface area contributed by atoms with Crippen LogP contribution in [0.1, 0.15) is 41.6 Å². The number of nitrogens with one attached hydrogen (secondary N) is 1. The lowest BCUT2D eigenvalue weighted by Gasteiger charge is -2.44. The van der Waals surface area contributed by atoms with E-state index in [4.69, 9.17) is 11.6 Å². The standard InChI is InChI=1S/C28H33ClF3N5O2/c1-34-25-17-19(6-9-22(25)37-12-3-2-5-23(37)27(34)39)26(38)33-10-4-11-35-13-15-36(16-14-35)24-18-20(29)7-8-21(24)28(30,31)32/h6-9,17-18,23H,2-5,10-16H2,1H3,(H,33,38). The second-order valence-electron chi connectivity index (χ2n) is 10.4. The maximum Gasteiger partial charge on any atom is 0.418 e. The van der Waals surface area contributed by atoms with E-state index in [1.54, 1.807) is 22.9 Å². The summed E-state index contributed by atoms with van der Waals surface area (Å²) in [4.78, 5) is 33.5. The number of hydrogen-bond acceptors (Lipinski definition) is 5. The van der Waals surface area contributed by atoms with Gasteiger partial charge in [-0.1, -0.05) is 11.6 Å². The Hall–Kier alpha value is -2.98. The van der Waals surface area contributed by atoms with Crippen molar-refractivity contribution in [3.8, 4) is 0 Å². The number of anilines is 3. The Morgan fingerprint density at radius 2 is 1.77 bits per heavy atom. The summed E-state index contributed by atoms with van der Waals surface area (Å²) in [7, 11) is 1.77. The quantitative estimate of drug-likeness (QED) is 0.519. The molecule has 3 heterocycles. The third-order valence-corrected chi connectivity index (χ3v) is 8.18. The zero-order valence-electron chi connectivity index (χ0n) is 21.9. The summed E-state index contributed by atoms with van der Waals surface area (Å²) in [6.45, 7) is 4.24. The molecule has 1 N–H and O–H groups in total. The minimum absolute atomic E-state index is 0.0739. The van der Waals surface area contributed by atoms with Crippen LogP contribution in [0, 0.1) is 0 Å². The average Bonchev–Trinajstić information content (AvgIpc) is 2.93. The van der Waals surface area contributed by atoms with Crippen LogP contribution in [0.4, 0.5) is 30.2 Å². The first-order valence-electron chi connectivity index (χ1n) is 13.4. The molecule has 0 saturated carbocycles. The molecule has 2 saturated heterocycles. The highest BCUT2D eigenvalue weighted by molar-refractivity contribution is 6.30. The number of benzene rings is 2. The lowest BCUT2D eigenvalue weighted by Crippen LogP contribution is -2.54. The number of hydrogen-bond donors (Lipinski definition) is 1. The van der Waals surface area contributed by atoms with Crippen LogP contribution in [0.5, 0.6) is 0 Å². The molecule has 0 spiro atoms. The molecule has 2 aromatic rings. The maximum absolute atomic E-state index is 13.5. The largest absolute Gasteiger partial charge is 0.418 e. The Bertz CT molecular complexity index is 1230. The van der Waals surface area contributed by atoms with Crippen molar-refractivity contribution in [1.29, 1.82) is 0 Å². The van der Waals surface area contributed by atoms with Crippen LogP contribution < -0.4 is 20.0 Å². The first-order valence-corrected chi connectivity index (χ1v) is 13.8. The lowest BCUT2D eigenvalue weighted by atomic mass is 9.96. The topological polar surface area (TPSA) is 59.1 Å². The van der Waals surface area contributed by atoms with Crippen molar-refractivity contribution in [3.63, 3.8) is 0 Å². The summed E-state index contributed by atoms with van der Waals surface area (Å²) in [5.74, 6) is -0.116. The Morgan fingerprint density at radius 3 is 2.51 bits per heavy atom. The van der Waals surface area contributed by atoms with Crippen LogP contribution >= 0.6 is 11.6 Å². The number of nitrogens with zero attached hydrogens (tertiary/aromatic N) is 4. The molecule has 2 amide bonds. The van der Waals surface area contributed by atoms with Gasteiger partial charge in [-0.3, -0.25) is 14.5 Å². The molecule has 2 fully saturated rings. The van der Waals surface area contributed by atoms with Gasteiger partial charge >= 0.3 is 6.18 Å². The maximum atomic E-state index is 13.5. The number of amides is 2. The normalized spacial score (nSPS) is 20.1. The second-order valence-corrected chi connectivity index (χ2v) is 10.8. The number of piperidine rings is 1. The molecule has 0 aromatic heterocycles. The van der Waals surface area contributed by atoms with Crippen LogP contribution in [0.2, 0.25) is 5.02 Å². The van der Waals surface area contributed by atoms with Gasteiger partial charge in [-0.2, -0.15) is 13.2 Å². The van der Waals surface area contributed by atoms with Gasteiger partial charge in [-0.05, 0) is 68.6 Å². The van der Waals surface area contributed by atoms with Gasteiger partial charge in [-0.15, -0.1) is 0 Å². The van der Waals surface area contributed by atoms with Gasteiger partial charge in [-0.25, -0.2) is 0 Å². The third-order valence-electron chi connectivity index (χ3n) is 7.94. The van der Waals surface area contributed by atoms with Gasteiger partial charge in [0.1, 0.15) is 6.04 Å². The highest BCUT2D eigenvalue weighted by Gasteiger charge is 2.38. The molecule has 0 bridgehead atoms. The highest BCUT2D eigenvalue weighted by Crippen LogP contribution is 2.40. The number of rotatable bonds is 6. The van der Waals surface area contributed by atoms with E-state index < -0.39 is 11.7 Å². The van der Waals surface area contributed by atoms with Crippen molar-refractivity contribution < 1.29 is 22.8 Å². The van der Waals surface area contributed by atoms with Crippen LogP contribution in [0.15, 0.2) is 36.4 Å². The third kappa shape index (κ3) is 5.82. The van der Waals surface area contributed by atoms with E-state index in [0.29, 0.717) is 38.3 Å². The molecule has 210 valence electrons. The summed E-state index contributed by atoms with van der Waals surface area (Å²) >= 11 is 5.99. The van der Waals surface area contributed by atoms with Gasteiger partial charge < -0.3 is 20.0 Å². The molecule has 5 rings (SSSR count). The number of fused-ring (bicyclic) bond motifs is 3. The average molecular weight is 564 g/mol. The highest BCUT2D eigenvalue weighted by atomic mass is 35.5. The van der Waals surface area contributed by atoms with Gasteiger partial charge in [0.15, 0.2) is 0 Å². The summed E-state index contributed by atoms with van der Waals surface area (Å²) in [6, 6.07) is 9.12. The fourth-order valence-corrected chi connectivity index (χ4v) is 5.99. The van der Waals surface area contributed by atoms with Crippen LogP contribution in [-0.2, 0) is 11.0 Å². The molecule has 3 aliphatic heterocycles. The summed E-state index contributed by atoms with van der Waals surface area (Å²) in [5, 5.41) is 3.24. The van der Waals surface area contributed by atoms with E-state index in [2.05, 4.69) is 15.1 Å². The van der Waals surface area contributed by atoms with E-state index in [-0.39, 0.29) is 28.6 Å². The van der Waals surface area contributed by atoms with Crippen LogP contribution in [0.25, 0.3) is 0 Å². The van der Waals surface area contributed by atoms with Crippen molar-refractivity contribution in [1.82, 2.24) is 10.2 Å². The predicted molar refractivity (Wildman–Crippen MR) is 147 cm³/mol. The first-order chi connectivity index (χ1) is 18.6. The lowest BCUT2D eigenvalue weighted by molar-refractivity contribution is -0.137. The molecule has 1 unspecified atom stereocenters.